The first-order chi connectivity index (χ1) is 10.6. The van der Waals surface area contributed by atoms with Gasteiger partial charge in [0, 0.05) is 31.7 Å². The molecule has 2 amide bonds. The van der Waals surface area contributed by atoms with Gasteiger partial charge in [-0.05, 0) is 18.2 Å². The largest absolute Gasteiger partial charge is 0.482 e. The van der Waals surface area contributed by atoms with Crippen molar-refractivity contribution in [3.8, 4) is 5.75 Å². The molecule has 1 atom stereocenters. The Labute approximate surface area is 128 Å². The van der Waals surface area contributed by atoms with Crippen molar-refractivity contribution >= 4 is 23.2 Å². The van der Waals surface area contributed by atoms with Crippen LogP contribution in [0, 0.1) is 0 Å². The number of benzene rings is 1. The number of carbonyl (C=O) groups is 2. The molecule has 1 aromatic carbocycles. The van der Waals surface area contributed by atoms with E-state index in [-0.39, 0.29) is 24.5 Å². The van der Waals surface area contributed by atoms with Crippen LogP contribution in [0.2, 0.25) is 0 Å². The summed E-state index contributed by atoms with van der Waals surface area (Å²) in [7, 11) is 1.69. The maximum atomic E-state index is 12.1. The van der Waals surface area contributed by atoms with Crippen LogP contribution in [0.1, 0.15) is 6.42 Å². The zero-order valence-electron chi connectivity index (χ0n) is 12.4. The number of morpholine rings is 1. The predicted octanol–water partition coefficient (Wildman–Crippen LogP) is 0.359. The van der Waals surface area contributed by atoms with Crippen molar-refractivity contribution < 1.29 is 19.1 Å². The minimum atomic E-state index is -0.112. The van der Waals surface area contributed by atoms with Gasteiger partial charge in [-0.1, -0.05) is 0 Å². The molecule has 1 saturated heterocycles. The van der Waals surface area contributed by atoms with E-state index in [1.54, 1.807) is 25.2 Å². The highest BCUT2D eigenvalue weighted by molar-refractivity contribution is 5.99. The van der Waals surface area contributed by atoms with Crippen LogP contribution >= 0.6 is 0 Å². The third kappa shape index (κ3) is 3.20. The van der Waals surface area contributed by atoms with Gasteiger partial charge in [0.25, 0.3) is 5.91 Å². The topological polar surface area (TPSA) is 79.9 Å². The van der Waals surface area contributed by atoms with Crippen molar-refractivity contribution in [1.29, 1.82) is 0 Å². The van der Waals surface area contributed by atoms with Crippen LogP contribution < -0.4 is 20.3 Å². The second-order valence-corrected chi connectivity index (χ2v) is 5.40. The van der Waals surface area contributed by atoms with Gasteiger partial charge in [0.05, 0.1) is 18.9 Å². The number of ether oxygens (including phenoxy) is 2. The van der Waals surface area contributed by atoms with Crippen LogP contribution in [0.15, 0.2) is 18.2 Å². The van der Waals surface area contributed by atoms with E-state index < -0.39 is 0 Å². The molecule has 3 rings (SSSR count). The summed E-state index contributed by atoms with van der Waals surface area (Å²) in [5.41, 5.74) is 1.30. The van der Waals surface area contributed by atoms with E-state index in [1.807, 2.05) is 0 Å². The second-order valence-electron chi connectivity index (χ2n) is 5.40. The molecular formula is C15H19N3O4. The number of fused-ring (bicyclic) bond motifs is 1. The predicted molar refractivity (Wildman–Crippen MR) is 81.2 cm³/mol. The van der Waals surface area contributed by atoms with E-state index in [9.17, 15) is 9.59 Å². The fourth-order valence-corrected chi connectivity index (χ4v) is 2.54. The van der Waals surface area contributed by atoms with Crippen molar-refractivity contribution in [3.63, 3.8) is 0 Å². The zero-order chi connectivity index (χ0) is 15.5. The number of nitrogens with zero attached hydrogens (tertiary/aromatic N) is 1. The summed E-state index contributed by atoms with van der Waals surface area (Å²) >= 11 is 0. The lowest BCUT2D eigenvalue weighted by Gasteiger charge is -2.26. The normalized spacial score (nSPS) is 21.0. The average molecular weight is 305 g/mol. The molecule has 2 heterocycles. The van der Waals surface area contributed by atoms with Crippen LogP contribution in [0.25, 0.3) is 0 Å². The fourth-order valence-electron chi connectivity index (χ4n) is 2.54. The van der Waals surface area contributed by atoms with E-state index in [0.717, 1.165) is 6.54 Å². The molecule has 1 fully saturated rings. The van der Waals surface area contributed by atoms with Gasteiger partial charge >= 0.3 is 0 Å². The molecule has 0 radical (unpaired) electrons. The Balaban J connectivity index is 1.65. The lowest BCUT2D eigenvalue weighted by Crippen LogP contribution is -2.43. The Kier molecular flexibility index (Phi) is 4.26. The van der Waals surface area contributed by atoms with E-state index in [2.05, 4.69) is 10.6 Å². The lowest BCUT2D eigenvalue weighted by atomic mass is 10.1. The standard InChI is InChI=1S/C15H19N3O4/c1-18-12-6-10(2-3-13(12)22-9-15(18)20)17-14(19)7-11-8-21-5-4-16-11/h2-3,6,11,16H,4-5,7-9H2,1H3,(H,17,19). The number of hydrogen-bond donors (Lipinski definition) is 2. The molecule has 2 N–H and O–H groups in total. The molecule has 7 heteroatoms. The highest BCUT2D eigenvalue weighted by Gasteiger charge is 2.23. The first kappa shape index (κ1) is 14.8. The van der Waals surface area contributed by atoms with E-state index in [1.165, 1.54) is 4.90 Å². The second kappa shape index (κ2) is 6.33. The summed E-state index contributed by atoms with van der Waals surface area (Å²) in [6.07, 6.45) is 0.350. The molecule has 0 bridgehead atoms. The molecular weight excluding hydrogens is 286 g/mol. The van der Waals surface area contributed by atoms with Crippen LogP contribution in [0.5, 0.6) is 5.75 Å². The highest BCUT2D eigenvalue weighted by Crippen LogP contribution is 2.33. The monoisotopic (exact) mass is 305 g/mol. The molecule has 1 aromatic rings. The minimum Gasteiger partial charge on any atom is -0.482 e. The molecule has 7 nitrogen and oxygen atoms in total. The first-order valence-corrected chi connectivity index (χ1v) is 7.28. The van der Waals surface area contributed by atoms with Gasteiger partial charge in [-0.3, -0.25) is 9.59 Å². The van der Waals surface area contributed by atoms with Gasteiger partial charge in [-0.25, -0.2) is 0 Å². The summed E-state index contributed by atoms with van der Waals surface area (Å²) < 4.78 is 10.7. The number of likely N-dealkylation sites (N-methyl/N-ethyl adjacent to an activating group) is 1. The van der Waals surface area contributed by atoms with E-state index in [0.29, 0.717) is 36.8 Å². The summed E-state index contributed by atoms with van der Waals surface area (Å²) in [4.78, 5) is 25.3. The number of nitrogens with one attached hydrogen (secondary N) is 2. The smallest absolute Gasteiger partial charge is 0.264 e. The molecule has 0 saturated carbocycles. The van der Waals surface area contributed by atoms with Gasteiger partial charge < -0.3 is 25.0 Å². The molecule has 22 heavy (non-hydrogen) atoms. The van der Waals surface area contributed by atoms with Crippen molar-refractivity contribution in [2.45, 2.75) is 12.5 Å². The molecule has 0 spiro atoms. The summed E-state index contributed by atoms with van der Waals surface area (Å²) in [5.74, 6) is 0.440. The maximum Gasteiger partial charge on any atom is 0.264 e. The van der Waals surface area contributed by atoms with Crippen molar-refractivity contribution in [2.75, 3.05) is 43.6 Å². The Morgan fingerprint density at radius 1 is 1.50 bits per heavy atom. The molecule has 2 aliphatic heterocycles. The van der Waals surface area contributed by atoms with Crippen LogP contribution in [0.4, 0.5) is 11.4 Å². The Hall–Kier alpha value is -2.12. The number of anilines is 2. The molecule has 0 aliphatic carbocycles. The summed E-state index contributed by atoms with van der Waals surface area (Å²) in [6.45, 7) is 2.04. The van der Waals surface area contributed by atoms with Crippen molar-refractivity contribution in [3.05, 3.63) is 18.2 Å². The first-order valence-electron chi connectivity index (χ1n) is 7.28. The van der Waals surface area contributed by atoms with Crippen LogP contribution in [-0.4, -0.2) is 51.3 Å². The third-order valence-electron chi connectivity index (χ3n) is 3.76. The number of hydrogen-bond acceptors (Lipinski definition) is 5. The molecule has 2 aliphatic rings. The SMILES string of the molecule is CN1C(=O)COc2ccc(NC(=O)CC3COCCN3)cc21. The van der Waals surface area contributed by atoms with Crippen molar-refractivity contribution in [1.82, 2.24) is 5.32 Å². The quantitative estimate of drug-likeness (QED) is 0.843. The Bertz CT molecular complexity index is 584. The zero-order valence-corrected chi connectivity index (χ0v) is 12.4. The lowest BCUT2D eigenvalue weighted by molar-refractivity contribution is -0.121. The minimum absolute atomic E-state index is 0.0407. The van der Waals surface area contributed by atoms with E-state index >= 15 is 0 Å². The van der Waals surface area contributed by atoms with Crippen LogP contribution in [0.3, 0.4) is 0 Å². The van der Waals surface area contributed by atoms with Gasteiger partial charge in [-0.2, -0.15) is 0 Å². The summed E-state index contributed by atoms with van der Waals surface area (Å²) in [6, 6.07) is 5.31. The van der Waals surface area contributed by atoms with Crippen LogP contribution in [-0.2, 0) is 14.3 Å². The molecule has 0 aromatic heterocycles. The van der Waals surface area contributed by atoms with Gasteiger partial charge in [0.1, 0.15) is 5.75 Å². The average Bonchev–Trinajstić information content (AvgIpc) is 2.52. The van der Waals surface area contributed by atoms with Gasteiger partial charge in [0.15, 0.2) is 6.61 Å². The summed E-state index contributed by atoms with van der Waals surface area (Å²) in [5, 5.41) is 6.09. The number of carbonyl (C=O) groups excluding carboxylic acids is 2. The van der Waals surface area contributed by atoms with Crippen molar-refractivity contribution in [2.24, 2.45) is 0 Å². The number of amides is 2. The highest BCUT2D eigenvalue weighted by atomic mass is 16.5. The third-order valence-corrected chi connectivity index (χ3v) is 3.76. The van der Waals surface area contributed by atoms with E-state index in [4.69, 9.17) is 9.47 Å². The fraction of sp³-hybridized carbons (Fsp3) is 0.467. The van der Waals surface area contributed by atoms with Gasteiger partial charge in [0.2, 0.25) is 5.91 Å². The van der Waals surface area contributed by atoms with Gasteiger partial charge in [-0.15, -0.1) is 0 Å². The number of rotatable bonds is 3. The Morgan fingerprint density at radius 2 is 2.36 bits per heavy atom. The molecule has 1 unspecified atom stereocenters. The maximum absolute atomic E-state index is 12.1. The molecule has 118 valence electrons. The Morgan fingerprint density at radius 3 is 3.14 bits per heavy atom.